The highest BCUT2D eigenvalue weighted by atomic mass is 16.2. The van der Waals surface area contributed by atoms with Crippen molar-refractivity contribution in [1.82, 2.24) is 14.8 Å². The van der Waals surface area contributed by atoms with Gasteiger partial charge in [-0.05, 0) is 68.1 Å². The number of likely N-dealkylation sites (tertiary alicyclic amines) is 2. The first-order valence-corrected chi connectivity index (χ1v) is 13.4. The van der Waals surface area contributed by atoms with E-state index in [1.165, 1.54) is 12.8 Å². The van der Waals surface area contributed by atoms with E-state index in [1.54, 1.807) is 4.90 Å². The number of carbonyl (C=O) groups is 2. The van der Waals surface area contributed by atoms with Gasteiger partial charge in [0.05, 0.1) is 18.8 Å². The molecule has 2 saturated heterocycles. The fraction of sp³-hybridized carbons (Fsp3) is 0.367. The first-order chi connectivity index (χ1) is 18.2. The predicted octanol–water partition coefficient (Wildman–Crippen LogP) is 4.41. The normalized spacial score (nSPS) is 19.7. The summed E-state index contributed by atoms with van der Waals surface area (Å²) >= 11 is 0. The van der Waals surface area contributed by atoms with Crippen LogP contribution in [0.25, 0.3) is 11.1 Å². The maximum Gasteiger partial charge on any atom is 0.254 e. The Kier molecular flexibility index (Phi) is 6.62. The number of nitrogens with zero attached hydrogens (tertiary/aromatic N) is 4. The van der Waals surface area contributed by atoms with Crippen molar-refractivity contribution in [2.75, 3.05) is 42.9 Å². The van der Waals surface area contributed by atoms with E-state index in [-0.39, 0.29) is 18.4 Å². The first kappa shape index (κ1) is 23.7. The quantitative estimate of drug-likeness (QED) is 0.549. The number of rotatable bonds is 6. The second-order valence-corrected chi connectivity index (χ2v) is 10.3. The zero-order valence-corrected chi connectivity index (χ0v) is 21.1. The summed E-state index contributed by atoms with van der Waals surface area (Å²) in [5, 5.41) is 3.14. The highest BCUT2D eigenvalue weighted by molar-refractivity contribution is 6.02. The van der Waals surface area contributed by atoms with Crippen molar-refractivity contribution < 1.29 is 9.59 Å². The molecule has 3 aliphatic heterocycles. The minimum Gasteiger partial charge on any atom is -0.359 e. The topological polar surface area (TPSA) is 68.8 Å². The lowest BCUT2D eigenvalue weighted by molar-refractivity contribution is -0.117. The minimum atomic E-state index is 0.0188. The van der Waals surface area contributed by atoms with E-state index in [0.29, 0.717) is 18.4 Å². The lowest BCUT2D eigenvalue weighted by atomic mass is 10.0. The molecule has 6 rings (SSSR count). The highest BCUT2D eigenvalue weighted by Crippen LogP contribution is 2.33. The third-order valence-corrected chi connectivity index (χ3v) is 7.82. The molecule has 0 spiro atoms. The largest absolute Gasteiger partial charge is 0.359 e. The Morgan fingerprint density at radius 1 is 0.946 bits per heavy atom. The van der Waals surface area contributed by atoms with Gasteiger partial charge in [-0.3, -0.25) is 9.59 Å². The van der Waals surface area contributed by atoms with E-state index in [2.05, 4.69) is 20.1 Å². The summed E-state index contributed by atoms with van der Waals surface area (Å²) in [7, 11) is 0. The van der Waals surface area contributed by atoms with Crippen LogP contribution < -0.4 is 10.2 Å². The Bertz CT molecular complexity index is 1270. The third kappa shape index (κ3) is 4.96. The van der Waals surface area contributed by atoms with Crippen LogP contribution in [0.4, 0.5) is 11.5 Å². The molecule has 37 heavy (non-hydrogen) atoms. The molecule has 190 valence electrons. The van der Waals surface area contributed by atoms with Gasteiger partial charge in [-0.25, -0.2) is 4.98 Å². The fourth-order valence-corrected chi connectivity index (χ4v) is 5.81. The molecular weight excluding hydrogens is 462 g/mol. The second-order valence-electron chi connectivity index (χ2n) is 10.3. The molecule has 0 bridgehead atoms. The Labute approximate surface area is 218 Å². The number of carbonyl (C=O) groups excluding carboxylic acids is 2. The summed E-state index contributed by atoms with van der Waals surface area (Å²) in [6, 6.07) is 20.1. The highest BCUT2D eigenvalue weighted by Gasteiger charge is 2.31. The van der Waals surface area contributed by atoms with Crippen LogP contribution in [-0.4, -0.2) is 65.4 Å². The Morgan fingerprint density at radius 3 is 2.51 bits per heavy atom. The predicted molar refractivity (Wildman–Crippen MR) is 146 cm³/mol. The molecule has 1 aromatic heterocycles. The number of fused-ring (bicyclic) bond motifs is 1. The van der Waals surface area contributed by atoms with Crippen molar-refractivity contribution >= 4 is 23.3 Å². The SMILES string of the molecule is O=C1CNc2ncc(-c3ccc(C(=O)N4CCC[C@H]4CN4CCCC4)cc3)cc2N1Cc1ccccc1. The number of anilines is 2. The van der Waals surface area contributed by atoms with Crippen molar-refractivity contribution in [2.24, 2.45) is 0 Å². The average Bonchev–Trinajstić information content (AvgIpc) is 3.63. The molecule has 0 saturated carbocycles. The van der Waals surface area contributed by atoms with Crippen LogP contribution in [0.3, 0.4) is 0 Å². The van der Waals surface area contributed by atoms with Crippen molar-refractivity contribution in [3.05, 3.63) is 78.0 Å². The molecule has 3 aromatic rings. The maximum absolute atomic E-state index is 13.4. The lowest BCUT2D eigenvalue weighted by Gasteiger charge is -2.30. The molecule has 3 aliphatic rings. The van der Waals surface area contributed by atoms with Crippen LogP contribution in [0.5, 0.6) is 0 Å². The number of amides is 2. The van der Waals surface area contributed by atoms with Crippen molar-refractivity contribution in [2.45, 2.75) is 38.3 Å². The van der Waals surface area contributed by atoms with E-state index in [9.17, 15) is 9.59 Å². The fourth-order valence-electron chi connectivity index (χ4n) is 5.81. The molecule has 4 heterocycles. The van der Waals surface area contributed by atoms with E-state index in [0.717, 1.165) is 67.0 Å². The van der Waals surface area contributed by atoms with E-state index < -0.39 is 0 Å². The average molecular weight is 496 g/mol. The number of pyridine rings is 1. The summed E-state index contributed by atoms with van der Waals surface area (Å²) in [5.74, 6) is 0.857. The molecule has 1 atom stereocenters. The van der Waals surface area contributed by atoms with Gasteiger partial charge in [-0.15, -0.1) is 0 Å². The van der Waals surface area contributed by atoms with Crippen molar-refractivity contribution in [1.29, 1.82) is 0 Å². The van der Waals surface area contributed by atoms with Gasteiger partial charge in [0, 0.05) is 36.5 Å². The Hall–Kier alpha value is -3.71. The van der Waals surface area contributed by atoms with Gasteiger partial charge >= 0.3 is 0 Å². The van der Waals surface area contributed by atoms with Crippen molar-refractivity contribution in [3.63, 3.8) is 0 Å². The first-order valence-electron chi connectivity index (χ1n) is 13.4. The molecule has 2 amide bonds. The zero-order valence-electron chi connectivity index (χ0n) is 21.1. The monoisotopic (exact) mass is 495 g/mol. The lowest BCUT2D eigenvalue weighted by Crippen LogP contribution is -2.42. The molecule has 2 fully saturated rings. The van der Waals surface area contributed by atoms with Gasteiger partial charge in [0.15, 0.2) is 5.82 Å². The van der Waals surface area contributed by atoms with Gasteiger partial charge < -0.3 is 20.0 Å². The molecule has 7 heteroatoms. The standard InChI is InChI=1S/C30H33N5O2/c36-28-19-32-29-27(35(28)20-22-7-2-1-3-8-22)17-25(18-31-29)23-10-12-24(13-11-23)30(37)34-16-6-9-26(34)21-33-14-4-5-15-33/h1-3,7-8,10-13,17-18,26H,4-6,9,14-16,19-21H2,(H,31,32)/t26-/m0/s1. The number of hydrogen-bond acceptors (Lipinski definition) is 5. The van der Waals surface area contributed by atoms with Crippen LogP contribution in [0.2, 0.25) is 0 Å². The summed E-state index contributed by atoms with van der Waals surface area (Å²) < 4.78 is 0. The van der Waals surface area contributed by atoms with E-state index >= 15 is 0 Å². The number of aromatic nitrogens is 1. The molecule has 1 N–H and O–H groups in total. The zero-order chi connectivity index (χ0) is 25.2. The van der Waals surface area contributed by atoms with Gasteiger partial charge in [-0.2, -0.15) is 0 Å². The van der Waals surface area contributed by atoms with Crippen LogP contribution >= 0.6 is 0 Å². The Morgan fingerprint density at radius 2 is 1.73 bits per heavy atom. The Balaban J connectivity index is 1.20. The van der Waals surface area contributed by atoms with E-state index in [4.69, 9.17) is 0 Å². The van der Waals surface area contributed by atoms with Crippen LogP contribution in [0.1, 0.15) is 41.6 Å². The number of hydrogen-bond donors (Lipinski definition) is 1. The third-order valence-electron chi connectivity index (χ3n) is 7.82. The summed E-state index contributed by atoms with van der Waals surface area (Å²) in [4.78, 5) is 37.1. The van der Waals surface area contributed by atoms with Gasteiger partial charge in [-0.1, -0.05) is 42.5 Å². The molecule has 2 aromatic carbocycles. The van der Waals surface area contributed by atoms with Crippen molar-refractivity contribution in [3.8, 4) is 11.1 Å². The molecule has 7 nitrogen and oxygen atoms in total. The molecule has 0 unspecified atom stereocenters. The molecule has 0 radical (unpaired) electrons. The van der Waals surface area contributed by atoms with Gasteiger partial charge in [0.1, 0.15) is 0 Å². The maximum atomic E-state index is 13.4. The number of benzene rings is 2. The van der Waals surface area contributed by atoms with Crippen LogP contribution in [0.15, 0.2) is 66.9 Å². The summed E-state index contributed by atoms with van der Waals surface area (Å²) in [5.41, 5.74) is 4.46. The smallest absolute Gasteiger partial charge is 0.254 e. The number of nitrogens with one attached hydrogen (secondary N) is 1. The second kappa shape index (κ2) is 10.3. The van der Waals surface area contributed by atoms with Gasteiger partial charge in [0.2, 0.25) is 5.91 Å². The molecule has 0 aliphatic carbocycles. The van der Waals surface area contributed by atoms with Crippen LogP contribution in [0, 0.1) is 0 Å². The van der Waals surface area contributed by atoms with Crippen LogP contribution in [-0.2, 0) is 11.3 Å². The van der Waals surface area contributed by atoms with E-state index in [1.807, 2.05) is 66.9 Å². The molecular formula is C30H33N5O2. The minimum absolute atomic E-state index is 0.0188. The summed E-state index contributed by atoms with van der Waals surface area (Å²) in [6.07, 6.45) is 6.54. The summed E-state index contributed by atoms with van der Waals surface area (Å²) in [6.45, 7) is 4.89. The van der Waals surface area contributed by atoms with Gasteiger partial charge in [0.25, 0.3) is 5.91 Å².